The molecule has 0 aliphatic carbocycles. The minimum atomic E-state index is -0.446. The molecule has 6 nitrogen and oxygen atoms in total. The average molecular weight is 267 g/mol. The maximum atomic E-state index is 11.3. The summed E-state index contributed by atoms with van der Waals surface area (Å²) in [5, 5.41) is 3.00. The summed E-state index contributed by atoms with van der Waals surface area (Å²) < 4.78 is 1.92. The van der Waals surface area contributed by atoms with E-state index in [-0.39, 0.29) is 0 Å². The number of nitrogens with zero attached hydrogens (tertiary/aromatic N) is 3. The van der Waals surface area contributed by atoms with E-state index in [2.05, 4.69) is 15.3 Å². The second-order valence-electron chi connectivity index (χ2n) is 4.31. The third kappa shape index (κ3) is 1.87. The van der Waals surface area contributed by atoms with Gasteiger partial charge >= 0.3 is 0 Å². The van der Waals surface area contributed by atoms with Crippen LogP contribution in [0.2, 0.25) is 0 Å². The van der Waals surface area contributed by atoms with Crippen molar-refractivity contribution in [1.82, 2.24) is 14.4 Å². The lowest BCUT2D eigenvalue weighted by atomic mass is 10.1. The van der Waals surface area contributed by atoms with E-state index in [1.807, 2.05) is 16.7 Å². The monoisotopic (exact) mass is 267 g/mol. The van der Waals surface area contributed by atoms with Gasteiger partial charge in [0.25, 0.3) is 0 Å². The van der Waals surface area contributed by atoms with Gasteiger partial charge in [0.1, 0.15) is 0 Å². The van der Waals surface area contributed by atoms with Crippen LogP contribution in [0.5, 0.6) is 0 Å². The van der Waals surface area contributed by atoms with Crippen LogP contribution >= 0.6 is 0 Å². The number of aromatic nitrogens is 3. The van der Waals surface area contributed by atoms with Crippen molar-refractivity contribution in [3.63, 3.8) is 0 Å². The van der Waals surface area contributed by atoms with Gasteiger partial charge in [-0.15, -0.1) is 0 Å². The van der Waals surface area contributed by atoms with E-state index in [1.54, 1.807) is 37.6 Å². The van der Waals surface area contributed by atoms with Crippen LogP contribution in [-0.4, -0.2) is 27.3 Å². The Bertz CT molecular complexity index is 793. The highest BCUT2D eigenvalue weighted by Gasteiger charge is 2.10. The molecule has 0 aliphatic rings. The van der Waals surface area contributed by atoms with Crippen molar-refractivity contribution in [2.24, 2.45) is 5.73 Å². The van der Waals surface area contributed by atoms with Gasteiger partial charge in [-0.25, -0.2) is 9.97 Å². The molecule has 0 bridgehead atoms. The number of hydrogen-bond acceptors (Lipinski definition) is 4. The molecule has 2 heterocycles. The number of rotatable bonds is 3. The topological polar surface area (TPSA) is 85.3 Å². The number of carbonyl (C=O) groups is 1. The van der Waals surface area contributed by atoms with Gasteiger partial charge < -0.3 is 11.1 Å². The van der Waals surface area contributed by atoms with Crippen molar-refractivity contribution in [2.75, 3.05) is 12.4 Å². The average Bonchev–Trinajstić information content (AvgIpc) is 2.91. The molecule has 3 rings (SSSR count). The van der Waals surface area contributed by atoms with E-state index < -0.39 is 5.91 Å². The van der Waals surface area contributed by atoms with Crippen molar-refractivity contribution in [1.29, 1.82) is 0 Å². The van der Waals surface area contributed by atoms with E-state index in [9.17, 15) is 4.79 Å². The fourth-order valence-electron chi connectivity index (χ4n) is 2.14. The SMILES string of the molecule is CNc1nccn2c(-c3cccc(C(N)=O)c3)cnc12. The lowest BCUT2D eigenvalue weighted by Crippen LogP contribution is -2.10. The number of benzene rings is 1. The lowest BCUT2D eigenvalue weighted by Gasteiger charge is -2.05. The first kappa shape index (κ1) is 12.2. The van der Waals surface area contributed by atoms with Crippen LogP contribution in [0.15, 0.2) is 42.9 Å². The normalized spacial score (nSPS) is 10.7. The summed E-state index contributed by atoms with van der Waals surface area (Å²) in [6, 6.07) is 7.16. The summed E-state index contributed by atoms with van der Waals surface area (Å²) in [5.41, 5.74) is 8.27. The zero-order valence-corrected chi connectivity index (χ0v) is 10.9. The molecule has 0 unspecified atom stereocenters. The van der Waals surface area contributed by atoms with Gasteiger partial charge in [-0.3, -0.25) is 9.20 Å². The van der Waals surface area contributed by atoms with Crippen molar-refractivity contribution < 1.29 is 4.79 Å². The molecule has 6 heteroatoms. The van der Waals surface area contributed by atoms with E-state index >= 15 is 0 Å². The van der Waals surface area contributed by atoms with E-state index in [4.69, 9.17) is 5.73 Å². The molecule has 0 fully saturated rings. The Morgan fingerprint density at radius 2 is 2.20 bits per heavy atom. The first-order chi connectivity index (χ1) is 9.70. The van der Waals surface area contributed by atoms with Crippen LogP contribution in [0.1, 0.15) is 10.4 Å². The van der Waals surface area contributed by atoms with Crippen LogP contribution in [0.4, 0.5) is 5.82 Å². The number of amides is 1. The predicted octanol–water partition coefficient (Wildman–Crippen LogP) is 1.54. The second-order valence-corrected chi connectivity index (χ2v) is 4.31. The van der Waals surface area contributed by atoms with Gasteiger partial charge in [-0.2, -0.15) is 0 Å². The minimum Gasteiger partial charge on any atom is -0.370 e. The third-order valence-corrected chi connectivity index (χ3v) is 3.11. The predicted molar refractivity (Wildman–Crippen MR) is 76.5 cm³/mol. The van der Waals surface area contributed by atoms with Crippen LogP contribution in [0.25, 0.3) is 16.9 Å². The largest absolute Gasteiger partial charge is 0.370 e. The molecule has 0 spiro atoms. The molecule has 0 radical (unpaired) electrons. The number of anilines is 1. The third-order valence-electron chi connectivity index (χ3n) is 3.11. The van der Waals surface area contributed by atoms with Crippen molar-refractivity contribution in [3.8, 4) is 11.3 Å². The Morgan fingerprint density at radius 1 is 1.35 bits per heavy atom. The summed E-state index contributed by atoms with van der Waals surface area (Å²) in [6.07, 6.45) is 5.27. The fourth-order valence-corrected chi connectivity index (χ4v) is 2.14. The molecule has 3 aromatic rings. The van der Waals surface area contributed by atoms with Gasteiger partial charge in [0, 0.05) is 30.6 Å². The highest BCUT2D eigenvalue weighted by molar-refractivity contribution is 5.94. The molecule has 0 atom stereocenters. The zero-order valence-electron chi connectivity index (χ0n) is 10.9. The molecule has 100 valence electrons. The van der Waals surface area contributed by atoms with Crippen LogP contribution in [0, 0.1) is 0 Å². The number of fused-ring (bicyclic) bond motifs is 1. The quantitative estimate of drug-likeness (QED) is 0.753. The summed E-state index contributed by atoms with van der Waals surface area (Å²) in [7, 11) is 1.80. The Labute approximate surface area is 115 Å². The van der Waals surface area contributed by atoms with Crippen molar-refractivity contribution in [2.45, 2.75) is 0 Å². The molecular weight excluding hydrogens is 254 g/mol. The number of carbonyl (C=O) groups excluding carboxylic acids is 1. The molecule has 3 N–H and O–H groups in total. The van der Waals surface area contributed by atoms with Gasteiger partial charge in [0.2, 0.25) is 5.91 Å². The van der Waals surface area contributed by atoms with Crippen molar-refractivity contribution >= 4 is 17.4 Å². The smallest absolute Gasteiger partial charge is 0.248 e. The van der Waals surface area contributed by atoms with Gasteiger partial charge in [0.05, 0.1) is 11.9 Å². The van der Waals surface area contributed by atoms with Gasteiger partial charge in [-0.1, -0.05) is 12.1 Å². The lowest BCUT2D eigenvalue weighted by molar-refractivity contribution is 0.100. The summed E-state index contributed by atoms with van der Waals surface area (Å²) in [5.74, 6) is 0.253. The van der Waals surface area contributed by atoms with E-state index in [0.29, 0.717) is 11.4 Å². The second kappa shape index (κ2) is 4.65. The fraction of sp³-hybridized carbons (Fsp3) is 0.0714. The molecule has 1 amide bonds. The Hall–Kier alpha value is -2.89. The molecule has 2 aromatic heterocycles. The summed E-state index contributed by atoms with van der Waals surface area (Å²) >= 11 is 0. The molecule has 0 saturated heterocycles. The first-order valence-corrected chi connectivity index (χ1v) is 6.11. The highest BCUT2D eigenvalue weighted by Crippen LogP contribution is 2.23. The summed E-state index contributed by atoms with van der Waals surface area (Å²) in [4.78, 5) is 19.8. The number of nitrogens with one attached hydrogen (secondary N) is 1. The van der Waals surface area contributed by atoms with Crippen LogP contribution in [0.3, 0.4) is 0 Å². The number of primary amides is 1. The highest BCUT2D eigenvalue weighted by atomic mass is 16.1. The minimum absolute atomic E-state index is 0.446. The molecule has 0 aliphatic heterocycles. The number of hydrogen-bond donors (Lipinski definition) is 2. The first-order valence-electron chi connectivity index (χ1n) is 6.11. The Kier molecular flexibility index (Phi) is 2.83. The Morgan fingerprint density at radius 3 is 2.95 bits per heavy atom. The molecule has 20 heavy (non-hydrogen) atoms. The molecule has 0 saturated carbocycles. The van der Waals surface area contributed by atoms with E-state index in [0.717, 1.165) is 16.9 Å². The van der Waals surface area contributed by atoms with Gasteiger partial charge in [0.15, 0.2) is 11.5 Å². The Balaban J connectivity index is 2.20. The zero-order chi connectivity index (χ0) is 14.1. The molecular formula is C14H13N5O. The van der Waals surface area contributed by atoms with Crippen LogP contribution < -0.4 is 11.1 Å². The number of nitrogens with two attached hydrogens (primary N) is 1. The van der Waals surface area contributed by atoms with Gasteiger partial charge in [-0.05, 0) is 12.1 Å². The molecule has 1 aromatic carbocycles. The van der Waals surface area contributed by atoms with E-state index in [1.165, 1.54) is 0 Å². The maximum absolute atomic E-state index is 11.3. The van der Waals surface area contributed by atoms with Crippen LogP contribution in [-0.2, 0) is 0 Å². The standard InChI is InChI=1S/C14H13N5O/c1-16-13-14-18-8-11(19(14)6-5-17-13)9-3-2-4-10(7-9)12(15)20/h2-8H,1H3,(H2,15,20)(H,16,17). The van der Waals surface area contributed by atoms with Crippen molar-refractivity contribution in [3.05, 3.63) is 48.4 Å². The summed E-state index contributed by atoms with van der Waals surface area (Å²) in [6.45, 7) is 0. The number of imidazole rings is 1. The maximum Gasteiger partial charge on any atom is 0.248 e.